The summed E-state index contributed by atoms with van der Waals surface area (Å²) in [5.74, 6) is 4.51. The maximum Gasteiger partial charge on any atom is 0.285 e. The third-order valence-electron chi connectivity index (χ3n) is 1.54. The van der Waals surface area contributed by atoms with E-state index in [0.717, 1.165) is 0 Å². The first kappa shape index (κ1) is 9.02. The molecule has 1 amide bonds. The fraction of sp³-hybridized carbons (Fsp3) is 0.333. The number of amides is 1. The van der Waals surface area contributed by atoms with Gasteiger partial charge in [-0.1, -0.05) is 11.6 Å². The Bertz CT molecular complexity index is 320. The molecule has 12 heavy (non-hydrogen) atoms. The number of nitrogens with two attached hydrogens (primary N) is 1. The van der Waals surface area contributed by atoms with Gasteiger partial charge in [0.05, 0.1) is 0 Å². The van der Waals surface area contributed by atoms with Gasteiger partial charge in [-0.15, -0.1) is 0 Å². The first-order valence-corrected chi connectivity index (χ1v) is 3.65. The van der Waals surface area contributed by atoms with E-state index in [-0.39, 0.29) is 5.69 Å². The maximum atomic E-state index is 11.0. The third-order valence-corrected chi connectivity index (χ3v) is 2.07. The average Bonchev–Trinajstić information content (AvgIpc) is 2.32. The highest BCUT2D eigenvalue weighted by molar-refractivity contribution is 6.30. The number of carbonyl (C=O) groups excluding carboxylic acids is 1. The first-order chi connectivity index (χ1) is 5.57. The molecular weight excluding hydrogens is 180 g/mol. The number of rotatable bonds is 1. The SMILES string of the molecule is Cc1c(C(=O)NN)nn(C)c1Cl. The van der Waals surface area contributed by atoms with Crippen molar-refractivity contribution in [2.24, 2.45) is 12.9 Å². The van der Waals surface area contributed by atoms with E-state index in [0.29, 0.717) is 10.7 Å². The minimum Gasteiger partial charge on any atom is -0.289 e. The summed E-state index contributed by atoms with van der Waals surface area (Å²) in [6.07, 6.45) is 0. The zero-order valence-corrected chi connectivity index (χ0v) is 7.51. The van der Waals surface area contributed by atoms with Crippen molar-refractivity contribution >= 4 is 17.5 Å². The Morgan fingerprint density at radius 1 is 1.75 bits per heavy atom. The van der Waals surface area contributed by atoms with Gasteiger partial charge >= 0.3 is 0 Å². The molecule has 0 bridgehead atoms. The van der Waals surface area contributed by atoms with Gasteiger partial charge in [-0.25, -0.2) is 5.84 Å². The van der Waals surface area contributed by atoms with E-state index in [1.54, 1.807) is 14.0 Å². The summed E-state index contributed by atoms with van der Waals surface area (Å²) in [6.45, 7) is 1.71. The summed E-state index contributed by atoms with van der Waals surface area (Å²) in [4.78, 5) is 11.0. The van der Waals surface area contributed by atoms with E-state index < -0.39 is 5.91 Å². The Hall–Kier alpha value is -1.07. The number of nitrogens with one attached hydrogen (secondary N) is 1. The Morgan fingerprint density at radius 3 is 2.67 bits per heavy atom. The van der Waals surface area contributed by atoms with Gasteiger partial charge in [0.25, 0.3) is 5.91 Å². The Balaban J connectivity index is 3.17. The second kappa shape index (κ2) is 3.12. The molecule has 0 atom stereocenters. The third kappa shape index (κ3) is 1.28. The number of hydrogen-bond donors (Lipinski definition) is 2. The van der Waals surface area contributed by atoms with Crippen LogP contribution in [-0.4, -0.2) is 15.7 Å². The molecule has 5 nitrogen and oxygen atoms in total. The molecule has 0 aliphatic carbocycles. The molecule has 1 aromatic heterocycles. The van der Waals surface area contributed by atoms with Crippen LogP contribution in [0.4, 0.5) is 0 Å². The van der Waals surface area contributed by atoms with Gasteiger partial charge in [0.1, 0.15) is 5.15 Å². The number of nitrogens with zero attached hydrogens (tertiary/aromatic N) is 2. The Morgan fingerprint density at radius 2 is 2.33 bits per heavy atom. The van der Waals surface area contributed by atoms with Crippen molar-refractivity contribution in [1.29, 1.82) is 0 Å². The fourth-order valence-corrected chi connectivity index (χ4v) is 1.02. The lowest BCUT2D eigenvalue weighted by Gasteiger charge is -1.93. The molecule has 0 fully saturated rings. The largest absolute Gasteiger partial charge is 0.289 e. The lowest BCUT2D eigenvalue weighted by molar-refractivity contribution is 0.0947. The molecule has 0 saturated heterocycles. The number of aryl methyl sites for hydroxylation is 1. The van der Waals surface area contributed by atoms with Crippen LogP contribution >= 0.6 is 11.6 Å². The van der Waals surface area contributed by atoms with Crippen LogP contribution in [0.2, 0.25) is 5.15 Å². The van der Waals surface area contributed by atoms with E-state index in [1.807, 2.05) is 5.43 Å². The van der Waals surface area contributed by atoms with Crippen LogP contribution < -0.4 is 11.3 Å². The van der Waals surface area contributed by atoms with Crippen LogP contribution in [0.15, 0.2) is 0 Å². The predicted octanol–water partition coefficient (Wildman–Crippen LogP) is -0.0146. The molecule has 0 unspecified atom stereocenters. The molecule has 66 valence electrons. The molecule has 3 N–H and O–H groups in total. The smallest absolute Gasteiger partial charge is 0.285 e. The van der Waals surface area contributed by atoms with Crippen molar-refractivity contribution in [2.45, 2.75) is 6.92 Å². The highest BCUT2D eigenvalue weighted by atomic mass is 35.5. The van der Waals surface area contributed by atoms with Crippen LogP contribution in [-0.2, 0) is 7.05 Å². The highest BCUT2D eigenvalue weighted by Gasteiger charge is 2.15. The van der Waals surface area contributed by atoms with E-state index in [1.165, 1.54) is 4.68 Å². The molecule has 1 aromatic rings. The normalized spacial score (nSPS) is 10.0. The molecule has 0 spiro atoms. The van der Waals surface area contributed by atoms with Crippen LogP contribution in [0.5, 0.6) is 0 Å². The monoisotopic (exact) mass is 188 g/mol. The number of hydrazine groups is 1. The van der Waals surface area contributed by atoms with E-state index in [9.17, 15) is 4.79 Å². The van der Waals surface area contributed by atoms with Crippen molar-refractivity contribution in [3.63, 3.8) is 0 Å². The molecule has 0 aliphatic heterocycles. The average molecular weight is 189 g/mol. The second-order valence-corrected chi connectivity index (χ2v) is 2.72. The van der Waals surface area contributed by atoms with E-state index >= 15 is 0 Å². The van der Waals surface area contributed by atoms with Crippen molar-refractivity contribution in [2.75, 3.05) is 0 Å². The van der Waals surface area contributed by atoms with Gasteiger partial charge in [0, 0.05) is 12.6 Å². The van der Waals surface area contributed by atoms with Gasteiger partial charge in [0.15, 0.2) is 5.69 Å². The predicted molar refractivity (Wildman–Crippen MR) is 44.6 cm³/mol. The quantitative estimate of drug-likeness (QED) is 0.370. The van der Waals surface area contributed by atoms with Gasteiger partial charge < -0.3 is 0 Å². The lowest BCUT2D eigenvalue weighted by atomic mass is 10.3. The summed E-state index contributed by atoms with van der Waals surface area (Å²) in [7, 11) is 1.66. The topological polar surface area (TPSA) is 72.9 Å². The summed E-state index contributed by atoms with van der Waals surface area (Å²) in [6, 6.07) is 0. The summed E-state index contributed by atoms with van der Waals surface area (Å²) < 4.78 is 1.42. The zero-order chi connectivity index (χ0) is 9.30. The number of halogens is 1. The summed E-state index contributed by atoms with van der Waals surface area (Å²) >= 11 is 5.78. The number of carbonyl (C=O) groups is 1. The van der Waals surface area contributed by atoms with Gasteiger partial charge in [-0.05, 0) is 6.92 Å². The minimum atomic E-state index is -0.435. The van der Waals surface area contributed by atoms with Crippen molar-refractivity contribution in [3.8, 4) is 0 Å². The maximum absolute atomic E-state index is 11.0. The van der Waals surface area contributed by atoms with Crippen LogP contribution in [0, 0.1) is 6.92 Å². The van der Waals surface area contributed by atoms with Crippen molar-refractivity contribution < 1.29 is 4.79 Å². The molecule has 0 aliphatic rings. The summed E-state index contributed by atoms with van der Waals surface area (Å²) in [5.41, 5.74) is 2.87. The summed E-state index contributed by atoms with van der Waals surface area (Å²) in [5, 5.41) is 4.31. The second-order valence-electron chi connectivity index (χ2n) is 2.36. The Kier molecular flexibility index (Phi) is 2.35. The number of aromatic nitrogens is 2. The van der Waals surface area contributed by atoms with Gasteiger partial charge in [0.2, 0.25) is 0 Å². The fourth-order valence-electron chi connectivity index (χ4n) is 0.893. The molecular formula is C6H9ClN4O. The lowest BCUT2D eigenvalue weighted by Crippen LogP contribution is -2.30. The van der Waals surface area contributed by atoms with Gasteiger partial charge in [-0.3, -0.25) is 14.9 Å². The zero-order valence-electron chi connectivity index (χ0n) is 6.76. The standard InChI is InChI=1S/C6H9ClN4O/c1-3-4(6(12)9-8)10-11(2)5(3)7/h8H2,1-2H3,(H,9,12). The first-order valence-electron chi connectivity index (χ1n) is 3.28. The van der Waals surface area contributed by atoms with E-state index in [2.05, 4.69) is 5.10 Å². The molecule has 0 radical (unpaired) electrons. The molecule has 1 rings (SSSR count). The molecule has 0 saturated carbocycles. The van der Waals surface area contributed by atoms with Crippen LogP contribution in [0.3, 0.4) is 0 Å². The highest BCUT2D eigenvalue weighted by Crippen LogP contribution is 2.16. The van der Waals surface area contributed by atoms with Crippen LogP contribution in [0.25, 0.3) is 0 Å². The Labute approximate surface area is 74.5 Å². The minimum absolute atomic E-state index is 0.255. The molecule has 0 aromatic carbocycles. The molecule has 6 heteroatoms. The number of nitrogen functional groups attached to an aromatic ring is 1. The van der Waals surface area contributed by atoms with Gasteiger partial charge in [-0.2, -0.15) is 5.10 Å². The van der Waals surface area contributed by atoms with Crippen molar-refractivity contribution in [1.82, 2.24) is 15.2 Å². The van der Waals surface area contributed by atoms with E-state index in [4.69, 9.17) is 17.4 Å². The van der Waals surface area contributed by atoms with Crippen LogP contribution in [0.1, 0.15) is 16.1 Å². The molecule has 1 heterocycles. The van der Waals surface area contributed by atoms with Crippen molar-refractivity contribution in [3.05, 3.63) is 16.4 Å². The number of hydrogen-bond acceptors (Lipinski definition) is 3.